The van der Waals surface area contributed by atoms with Crippen molar-refractivity contribution >= 4 is 40.9 Å². The normalized spacial score (nSPS) is 22.3. The monoisotopic (exact) mass is 418 g/mol. The number of carbonyl (C=O) groups is 2. The molecule has 0 aliphatic carbocycles. The lowest BCUT2D eigenvalue weighted by Gasteiger charge is -2.29. The Kier molecular flexibility index (Phi) is 5.33. The van der Waals surface area contributed by atoms with E-state index in [1.807, 2.05) is 49.9 Å². The van der Waals surface area contributed by atoms with E-state index in [0.717, 1.165) is 11.3 Å². The Morgan fingerprint density at radius 1 is 1.31 bits per heavy atom. The van der Waals surface area contributed by atoms with Crippen molar-refractivity contribution in [2.24, 2.45) is 0 Å². The summed E-state index contributed by atoms with van der Waals surface area (Å²) >= 11 is 1.72. The van der Waals surface area contributed by atoms with Crippen LogP contribution in [0.2, 0.25) is 0 Å². The number of carbonyl (C=O) groups excluding carboxylic acids is 2. The molecule has 156 valence electrons. The zero-order valence-electron chi connectivity index (χ0n) is 16.9. The molecule has 8 nitrogen and oxygen atoms in total. The van der Waals surface area contributed by atoms with Crippen LogP contribution in [0.15, 0.2) is 28.7 Å². The number of rotatable bonds is 3. The second-order valence-corrected chi connectivity index (χ2v) is 9.43. The second kappa shape index (κ2) is 7.78. The molecule has 2 aromatic rings. The molecular weight excluding hydrogens is 392 g/mol. The van der Waals surface area contributed by atoms with Crippen molar-refractivity contribution in [3.05, 3.63) is 24.3 Å². The van der Waals surface area contributed by atoms with Crippen LogP contribution in [0.3, 0.4) is 0 Å². The number of ether oxygens (including phenoxy) is 1. The van der Waals surface area contributed by atoms with Gasteiger partial charge in [-0.05, 0) is 39.3 Å². The highest BCUT2D eigenvalue weighted by Gasteiger charge is 2.43. The van der Waals surface area contributed by atoms with Gasteiger partial charge in [-0.1, -0.05) is 12.1 Å². The van der Waals surface area contributed by atoms with Gasteiger partial charge < -0.3 is 19.4 Å². The fourth-order valence-corrected chi connectivity index (χ4v) is 4.56. The first-order valence-electron chi connectivity index (χ1n) is 9.78. The molecule has 2 fully saturated rings. The Hall–Kier alpha value is -2.42. The van der Waals surface area contributed by atoms with Crippen molar-refractivity contribution in [3.8, 4) is 0 Å². The Morgan fingerprint density at radius 2 is 2.10 bits per heavy atom. The fourth-order valence-electron chi connectivity index (χ4n) is 3.60. The molecule has 1 aromatic carbocycles. The van der Waals surface area contributed by atoms with Crippen molar-refractivity contribution in [2.75, 3.05) is 30.0 Å². The number of nitrogens with zero attached hydrogens (tertiary/aromatic N) is 3. The van der Waals surface area contributed by atoms with E-state index in [1.165, 1.54) is 4.90 Å². The first-order chi connectivity index (χ1) is 13.8. The number of amides is 2. The molecule has 2 amide bonds. The highest BCUT2D eigenvalue weighted by Crippen LogP contribution is 2.28. The largest absolute Gasteiger partial charge is 0.444 e. The lowest BCUT2D eigenvalue weighted by atomic mass is 10.1. The average molecular weight is 419 g/mol. The molecule has 29 heavy (non-hydrogen) atoms. The van der Waals surface area contributed by atoms with Crippen molar-refractivity contribution in [1.82, 2.24) is 14.8 Å². The van der Waals surface area contributed by atoms with Crippen molar-refractivity contribution < 1.29 is 18.7 Å². The minimum absolute atomic E-state index is 0.0253. The lowest BCUT2D eigenvalue weighted by Crippen LogP contribution is -2.48. The zero-order chi connectivity index (χ0) is 20.6. The first-order valence-corrected chi connectivity index (χ1v) is 10.9. The maximum Gasteiger partial charge on any atom is 0.411 e. The molecule has 9 heteroatoms. The Bertz CT molecular complexity index is 870. The van der Waals surface area contributed by atoms with Crippen molar-refractivity contribution in [3.63, 3.8) is 0 Å². The molecule has 2 aliphatic heterocycles. The summed E-state index contributed by atoms with van der Waals surface area (Å²) in [5, 5.41) is 3.25. The number of thioether (sulfide) groups is 1. The zero-order valence-corrected chi connectivity index (χ0v) is 17.7. The van der Waals surface area contributed by atoms with Crippen LogP contribution in [0.4, 0.5) is 10.8 Å². The van der Waals surface area contributed by atoms with Crippen LogP contribution in [0.5, 0.6) is 0 Å². The minimum atomic E-state index is -0.625. The number of oxazole rings is 1. The molecule has 0 spiro atoms. The van der Waals surface area contributed by atoms with E-state index in [2.05, 4.69) is 10.3 Å². The summed E-state index contributed by atoms with van der Waals surface area (Å²) in [5.74, 6) is 1.57. The predicted molar refractivity (Wildman–Crippen MR) is 112 cm³/mol. The summed E-state index contributed by atoms with van der Waals surface area (Å²) in [6, 6.07) is 7.21. The van der Waals surface area contributed by atoms with E-state index in [9.17, 15) is 9.59 Å². The van der Waals surface area contributed by atoms with Crippen molar-refractivity contribution in [2.45, 2.75) is 44.9 Å². The third kappa shape index (κ3) is 4.44. The minimum Gasteiger partial charge on any atom is -0.444 e. The number of likely N-dealkylation sites (tertiary alicyclic amines) is 1. The number of nitrogens with one attached hydrogen (secondary N) is 1. The molecular formula is C20H26N4O4S. The van der Waals surface area contributed by atoms with E-state index in [4.69, 9.17) is 9.15 Å². The summed E-state index contributed by atoms with van der Waals surface area (Å²) in [4.78, 5) is 33.6. The van der Waals surface area contributed by atoms with Gasteiger partial charge in [0.15, 0.2) is 5.58 Å². The Balaban J connectivity index is 1.51. The van der Waals surface area contributed by atoms with Gasteiger partial charge >= 0.3 is 6.09 Å². The molecule has 0 bridgehead atoms. The van der Waals surface area contributed by atoms with Gasteiger partial charge in [0.1, 0.15) is 17.2 Å². The van der Waals surface area contributed by atoms with Gasteiger partial charge in [-0.2, -0.15) is 4.98 Å². The Morgan fingerprint density at radius 3 is 2.79 bits per heavy atom. The second-order valence-electron chi connectivity index (χ2n) is 8.35. The molecule has 4 rings (SSSR count). The Labute approximate surface area is 173 Å². The summed E-state index contributed by atoms with van der Waals surface area (Å²) in [6.07, 6.45) is 0.0161. The SMILES string of the molecule is CC(C)(C)OC(=O)N1C[C@@H](Nc2nc3ccccc3o2)C[C@H]1C(=O)N1CCSC1. The number of hydrogen-bond acceptors (Lipinski definition) is 7. The number of para-hydroxylation sites is 2. The quantitative estimate of drug-likeness (QED) is 0.819. The molecule has 1 aromatic heterocycles. The lowest BCUT2D eigenvalue weighted by molar-refractivity contribution is -0.134. The highest BCUT2D eigenvalue weighted by atomic mass is 32.2. The molecule has 1 N–H and O–H groups in total. The summed E-state index contributed by atoms with van der Waals surface area (Å²) in [6.45, 7) is 6.53. The summed E-state index contributed by atoms with van der Waals surface area (Å²) < 4.78 is 11.3. The van der Waals surface area contributed by atoms with Crippen molar-refractivity contribution in [1.29, 1.82) is 0 Å². The number of aromatic nitrogens is 1. The summed E-state index contributed by atoms with van der Waals surface area (Å²) in [5.41, 5.74) is 0.831. The van der Waals surface area contributed by atoms with Crippen LogP contribution in [0, 0.1) is 0 Å². The number of benzene rings is 1. The van der Waals surface area contributed by atoms with E-state index in [0.29, 0.717) is 37.0 Å². The van der Waals surface area contributed by atoms with Gasteiger partial charge in [-0.15, -0.1) is 11.8 Å². The number of fused-ring (bicyclic) bond motifs is 1. The number of anilines is 1. The maximum absolute atomic E-state index is 13.1. The van der Waals surface area contributed by atoms with Gasteiger partial charge in [-0.25, -0.2) is 4.79 Å². The van der Waals surface area contributed by atoms with E-state index in [-0.39, 0.29) is 11.9 Å². The van der Waals surface area contributed by atoms with Crippen LogP contribution in [-0.2, 0) is 9.53 Å². The van der Waals surface area contributed by atoms with Gasteiger partial charge in [0, 0.05) is 18.8 Å². The van der Waals surface area contributed by atoms with Gasteiger partial charge in [0.2, 0.25) is 5.91 Å². The number of hydrogen-bond donors (Lipinski definition) is 1. The molecule has 0 radical (unpaired) electrons. The molecule has 2 aliphatic rings. The third-order valence-corrected chi connectivity index (χ3v) is 5.87. The van der Waals surface area contributed by atoms with Gasteiger partial charge in [0.05, 0.1) is 11.9 Å². The van der Waals surface area contributed by atoms with E-state index >= 15 is 0 Å². The first kappa shape index (κ1) is 19.9. The molecule has 2 atom stereocenters. The van der Waals surface area contributed by atoms with E-state index in [1.54, 1.807) is 11.8 Å². The molecule has 2 saturated heterocycles. The average Bonchev–Trinajstić information content (AvgIpc) is 3.39. The topological polar surface area (TPSA) is 87.9 Å². The van der Waals surface area contributed by atoms with Gasteiger partial charge in [0.25, 0.3) is 6.01 Å². The van der Waals surface area contributed by atoms with Crippen LogP contribution in [0.25, 0.3) is 11.1 Å². The van der Waals surface area contributed by atoms with Crippen LogP contribution >= 0.6 is 11.8 Å². The summed E-state index contributed by atoms with van der Waals surface area (Å²) in [7, 11) is 0. The molecule has 3 heterocycles. The molecule has 0 unspecified atom stereocenters. The standard InChI is InChI=1S/C20H26N4O4S/c1-20(2,3)28-19(26)24-11-13(10-15(24)17(25)23-8-9-29-12-23)21-18-22-14-6-4-5-7-16(14)27-18/h4-7,13,15H,8-12H2,1-3H3,(H,21,22)/t13-,15-/m0/s1. The van der Waals surface area contributed by atoms with Crippen LogP contribution in [-0.4, -0.2) is 69.2 Å². The van der Waals surface area contributed by atoms with Gasteiger partial charge in [-0.3, -0.25) is 9.69 Å². The van der Waals surface area contributed by atoms with Crippen LogP contribution in [0.1, 0.15) is 27.2 Å². The highest BCUT2D eigenvalue weighted by molar-refractivity contribution is 7.99. The maximum atomic E-state index is 13.1. The van der Waals surface area contributed by atoms with Crippen LogP contribution < -0.4 is 5.32 Å². The molecule has 0 saturated carbocycles. The predicted octanol–water partition coefficient (Wildman–Crippen LogP) is 3.15. The van der Waals surface area contributed by atoms with E-state index < -0.39 is 17.7 Å². The fraction of sp³-hybridized carbons (Fsp3) is 0.550. The third-order valence-electron chi connectivity index (χ3n) is 4.90. The smallest absolute Gasteiger partial charge is 0.411 e.